The number of ketones is 1. The zero-order valence-electron chi connectivity index (χ0n) is 12.0. The van der Waals surface area contributed by atoms with Gasteiger partial charge in [-0.2, -0.15) is 0 Å². The molecule has 0 radical (unpaired) electrons. The van der Waals surface area contributed by atoms with Crippen LogP contribution >= 0.6 is 0 Å². The number of carbonyl (C=O) groups is 2. The highest BCUT2D eigenvalue weighted by atomic mass is 32.2. The standard InChI is InChI=1S/C16H13NO5S/c18-12-7-5-11(6-8-12)9-13(19)10-17-16(20)14-3-1-2-4-15(14)23(17,21)22/h1-8,18H,9-10H2. The molecule has 3 rings (SSSR count). The first-order valence-electron chi connectivity index (χ1n) is 6.85. The molecule has 23 heavy (non-hydrogen) atoms. The van der Waals surface area contributed by atoms with Crippen LogP contribution in [0.25, 0.3) is 0 Å². The Bertz CT molecular complexity index is 887. The molecule has 1 heterocycles. The Morgan fingerprint density at radius 1 is 1.04 bits per heavy atom. The SMILES string of the molecule is O=C(Cc1ccc(O)cc1)CN1C(=O)c2ccccc2S1(=O)=O. The third kappa shape index (κ3) is 2.70. The van der Waals surface area contributed by atoms with E-state index < -0.39 is 28.3 Å². The number of phenolic OH excluding ortho intramolecular Hbond substituents is 1. The molecular weight excluding hydrogens is 318 g/mol. The van der Waals surface area contributed by atoms with E-state index in [2.05, 4.69) is 0 Å². The van der Waals surface area contributed by atoms with Crippen molar-refractivity contribution in [3.8, 4) is 5.75 Å². The maximum Gasteiger partial charge on any atom is 0.269 e. The van der Waals surface area contributed by atoms with Crippen molar-refractivity contribution in [1.82, 2.24) is 4.31 Å². The van der Waals surface area contributed by atoms with Crippen LogP contribution in [0.5, 0.6) is 5.75 Å². The number of carbonyl (C=O) groups excluding carboxylic acids is 2. The first kappa shape index (κ1) is 15.2. The Morgan fingerprint density at radius 3 is 2.35 bits per heavy atom. The Labute approximate surface area is 133 Å². The van der Waals surface area contributed by atoms with Gasteiger partial charge in [-0.3, -0.25) is 9.59 Å². The van der Waals surface area contributed by atoms with E-state index in [9.17, 15) is 23.1 Å². The Kier molecular flexibility index (Phi) is 3.65. The van der Waals surface area contributed by atoms with Gasteiger partial charge in [-0.15, -0.1) is 0 Å². The van der Waals surface area contributed by atoms with Crippen LogP contribution in [-0.4, -0.2) is 36.1 Å². The number of nitrogens with zero attached hydrogens (tertiary/aromatic N) is 1. The van der Waals surface area contributed by atoms with Crippen LogP contribution in [0, 0.1) is 0 Å². The normalized spacial score (nSPS) is 15.5. The molecule has 0 bridgehead atoms. The predicted octanol–water partition coefficient (Wildman–Crippen LogP) is 1.35. The Hall–Kier alpha value is -2.67. The van der Waals surface area contributed by atoms with E-state index in [0.717, 1.165) is 0 Å². The van der Waals surface area contributed by atoms with Gasteiger partial charge < -0.3 is 5.11 Å². The summed E-state index contributed by atoms with van der Waals surface area (Å²) < 4.78 is 25.3. The lowest BCUT2D eigenvalue weighted by atomic mass is 10.1. The van der Waals surface area contributed by atoms with E-state index in [4.69, 9.17) is 0 Å². The lowest BCUT2D eigenvalue weighted by Crippen LogP contribution is -2.35. The zero-order valence-corrected chi connectivity index (χ0v) is 12.8. The van der Waals surface area contributed by atoms with E-state index in [1.54, 1.807) is 18.2 Å². The van der Waals surface area contributed by atoms with Crippen molar-refractivity contribution in [2.24, 2.45) is 0 Å². The molecule has 1 amide bonds. The number of fused-ring (bicyclic) bond motifs is 1. The maximum absolute atomic E-state index is 12.3. The van der Waals surface area contributed by atoms with Gasteiger partial charge in [-0.1, -0.05) is 24.3 Å². The molecule has 0 spiro atoms. The summed E-state index contributed by atoms with van der Waals surface area (Å²) >= 11 is 0. The van der Waals surface area contributed by atoms with Crippen LogP contribution in [0.2, 0.25) is 0 Å². The Morgan fingerprint density at radius 2 is 1.70 bits per heavy atom. The fourth-order valence-electron chi connectivity index (χ4n) is 2.44. The number of hydrogen-bond donors (Lipinski definition) is 1. The zero-order chi connectivity index (χ0) is 16.6. The van der Waals surface area contributed by atoms with Crippen molar-refractivity contribution in [1.29, 1.82) is 0 Å². The molecule has 2 aromatic rings. The largest absolute Gasteiger partial charge is 0.508 e. The maximum atomic E-state index is 12.3. The molecule has 7 heteroatoms. The topological polar surface area (TPSA) is 91.8 Å². The highest BCUT2D eigenvalue weighted by Gasteiger charge is 2.41. The smallest absolute Gasteiger partial charge is 0.269 e. The summed E-state index contributed by atoms with van der Waals surface area (Å²) in [5.74, 6) is -1.01. The second-order valence-corrected chi connectivity index (χ2v) is 7.03. The number of benzene rings is 2. The van der Waals surface area contributed by atoms with Crippen molar-refractivity contribution in [2.75, 3.05) is 6.54 Å². The van der Waals surface area contributed by atoms with Gasteiger partial charge in [0.05, 0.1) is 12.1 Å². The third-order valence-electron chi connectivity index (χ3n) is 3.57. The Balaban J connectivity index is 1.80. The van der Waals surface area contributed by atoms with Crippen LogP contribution in [0.4, 0.5) is 0 Å². The van der Waals surface area contributed by atoms with Crippen molar-refractivity contribution >= 4 is 21.7 Å². The summed E-state index contributed by atoms with van der Waals surface area (Å²) in [6.07, 6.45) is -0.0179. The molecule has 0 aliphatic carbocycles. The highest BCUT2D eigenvalue weighted by molar-refractivity contribution is 7.90. The molecule has 1 N–H and O–H groups in total. The van der Waals surface area contributed by atoms with Gasteiger partial charge in [0.25, 0.3) is 15.9 Å². The van der Waals surface area contributed by atoms with Gasteiger partial charge in [-0.05, 0) is 29.8 Å². The van der Waals surface area contributed by atoms with Crippen molar-refractivity contribution in [3.05, 3.63) is 59.7 Å². The monoisotopic (exact) mass is 331 g/mol. The fraction of sp³-hybridized carbons (Fsp3) is 0.125. The summed E-state index contributed by atoms with van der Waals surface area (Å²) in [5.41, 5.74) is 0.722. The number of sulfonamides is 1. The molecular formula is C16H13NO5S. The van der Waals surface area contributed by atoms with Crippen LogP contribution in [0.1, 0.15) is 15.9 Å². The first-order valence-corrected chi connectivity index (χ1v) is 8.29. The molecule has 0 unspecified atom stereocenters. The number of amides is 1. The highest BCUT2D eigenvalue weighted by Crippen LogP contribution is 2.29. The molecule has 0 saturated carbocycles. The van der Waals surface area contributed by atoms with Gasteiger partial charge in [0.2, 0.25) is 0 Å². The lowest BCUT2D eigenvalue weighted by molar-refractivity contribution is -0.118. The second kappa shape index (κ2) is 5.51. The summed E-state index contributed by atoms with van der Waals surface area (Å²) in [7, 11) is -3.97. The van der Waals surface area contributed by atoms with Gasteiger partial charge >= 0.3 is 0 Å². The van der Waals surface area contributed by atoms with E-state index >= 15 is 0 Å². The van der Waals surface area contributed by atoms with E-state index in [1.165, 1.54) is 30.3 Å². The third-order valence-corrected chi connectivity index (χ3v) is 5.36. The van der Waals surface area contributed by atoms with Gasteiger partial charge in [0.1, 0.15) is 10.6 Å². The summed E-state index contributed by atoms with van der Waals surface area (Å²) in [6.45, 7) is -0.503. The molecule has 0 saturated heterocycles. The van der Waals surface area contributed by atoms with Crippen LogP contribution in [0.3, 0.4) is 0 Å². The molecule has 118 valence electrons. The summed E-state index contributed by atoms with van der Waals surface area (Å²) in [6, 6.07) is 11.9. The van der Waals surface area contributed by atoms with E-state index in [1.807, 2.05) is 0 Å². The number of phenols is 1. The van der Waals surface area contributed by atoms with Gasteiger partial charge in [0, 0.05) is 6.42 Å². The van der Waals surface area contributed by atoms with E-state index in [0.29, 0.717) is 9.87 Å². The van der Waals surface area contributed by atoms with Crippen LogP contribution in [0.15, 0.2) is 53.4 Å². The molecule has 0 aromatic heterocycles. The van der Waals surface area contributed by atoms with Gasteiger partial charge in [0.15, 0.2) is 5.78 Å². The number of hydrogen-bond acceptors (Lipinski definition) is 5. The molecule has 0 fully saturated rings. The lowest BCUT2D eigenvalue weighted by Gasteiger charge is -2.14. The van der Waals surface area contributed by atoms with Crippen molar-refractivity contribution in [2.45, 2.75) is 11.3 Å². The minimum Gasteiger partial charge on any atom is -0.508 e. The fourth-order valence-corrected chi connectivity index (χ4v) is 4.00. The number of aromatic hydroxyl groups is 1. The predicted molar refractivity (Wildman–Crippen MR) is 81.5 cm³/mol. The summed E-state index contributed by atoms with van der Waals surface area (Å²) in [5, 5.41) is 9.21. The molecule has 0 atom stereocenters. The van der Waals surface area contributed by atoms with Crippen molar-refractivity contribution in [3.63, 3.8) is 0 Å². The molecule has 6 nitrogen and oxygen atoms in total. The number of rotatable bonds is 4. The van der Waals surface area contributed by atoms with Crippen LogP contribution in [-0.2, 0) is 21.2 Å². The average Bonchev–Trinajstić information content (AvgIpc) is 2.71. The second-order valence-electron chi connectivity index (χ2n) is 5.19. The first-order chi connectivity index (χ1) is 10.9. The van der Waals surface area contributed by atoms with E-state index in [-0.39, 0.29) is 22.6 Å². The van der Waals surface area contributed by atoms with Gasteiger partial charge in [-0.25, -0.2) is 12.7 Å². The van der Waals surface area contributed by atoms with Crippen LogP contribution < -0.4 is 0 Å². The molecule has 2 aromatic carbocycles. The average molecular weight is 331 g/mol. The minimum absolute atomic E-state index is 0.0179. The quantitative estimate of drug-likeness (QED) is 0.913. The molecule has 1 aliphatic rings. The van der Waals surface area contributed by atoms with Crippen molar-refractivity contribution < 1.29 is 23.1 Å². The minimum atomic E-state index is -3.97. The summed E-state index contributed by atoms with van der Waals surface area (Å²) in [4.78, 5) is 24.3. The molecule has 1 aliphatic heterocycles. The number of Topliss-reactive ketones (excluding diaryl/α,β-unsaturated/α-hetero) is 1.